The van der Waals surface area contributed by atoms with Crippen LogP contribution in [0.3, 0.4) is 0 Å². The van der Waals surface area contributed by atoms with Crippen LogP contribution in [-0.2, 0) is 4.74 Å². The molecular weight excluding hydrogens is 420 g/mol. The lowest BCUT2D eigenvalue weighted by Crippen LogP contribution is -2.36. The van der Waals surface area contributed by atoms with Crippen LogP contribution in [0.15, 0.2) is 74.5 Å². The van der Waals surface area contributed by atoms with E-state index in [4.69, 9.17) is 19.2 Å². The van der Waals surface area contributed by atoms with E-state index < -0.39 is 0 Å². The van der Waals surface area contributed by atoms with E-state index in [1.54, 1.807) is 11.3 Å². The lowest BCUT2D eigenvalue weighted by molar-refractivity contribution is 0.122. The van der Waals surface area contributed by atoms with E-state index in [1.165, 1.54) is 5.69 Å². The van der Waals surface area contributed by atoms with Crippen LogP contribution in [0, 0.1) is 0 Å². The second-order valence-corrected chi connectivity index (χ2v) is 8.86. The number of ether oxygens (including phenoxy) is 1. The second-order valence-electron chi connectivity index (χ2n) is 8.02. The number of fused-ring (bicyclic) bond motifs is 1. The van der Waals surface area contributed by atoms with E-state index >= 15 is 0 Å². The van der Waals surface area contributed by atoms with Gasteiger partial charge in [-0.3, -0.25) is 4.99 Å². The van der Waals surface area contributed by atoms with Gasteiger partial charge in [0.15, 0.2) is 5.76 Å². The van der Waals surface area contributed by atoms with Crippen LogP contribution in [0.2, 0.25) is 0 Å². The van der Waals surface area contributed by atoms with E-state index in [1.807, 2.05) is 29.1 Å². The first-order valence-electron chi connectivity index (χ1n) is 10.9. The largest absolute Gasteiger partial charge is 0.454 e. The average Bonchev–Trinajstić information content (AvgIpc) is 3.42. The fraction of sp³-hybridized carbons (Fsp3) is 0.280. The molecule has 0 aliphatic carbocycles. The summed E-state index contributed by atoms with van der Waals surface area (Å²) in [7, 11) is 0. The lowest BCUT2D eigenvalue weighted by atomic mass is 10.2. The number of anilines is 1. The highest BCUT2D eigenvalue weighted by atomic mass is 32.1. The van der Waals surface area contributed by atoms with Crippen molar-refractivity contribution in [2.75, 3.05) is 31.2 Å². The minimum atomic E-state index is 0.173. The smallest absolute Gasteiger partial charge is 0.206 e. The highest BCUT2D eigenvalue weighted by Gasteiger charge is 2.13. The summed E-state index contributed by atoms with van der Waals surface area (Å²) >= 11 is 1.57. The molecule has 2 aromatic heterocycles. The molecule has 3 heterocycles. The van der Waals surface area contributed by atoms with Gasteiger partial charge in [0.25, 0.3) is 0 Å². The first-order chi connectivity index (χ1) is 15.7. The Morgan fingerprint density at radius 2 is 1.81 bits per heavy atom. The van der Waals surface area contributed by atoms with Crippen LogP contribution in [0.4, 0.5) is 5.69 Å². The van der Waals surface area contributed by atoms with Crippen molar-refractivity contribution in [2.24, 2.45) is 10.1 Å². The van der Waals surface area contributed by atoms with Crippen molar-refractivity contribution in [2.45, 2.75) is 19.9 Å². The Balaban J connectivity index is 1.48. The molecule has 1 aliphatic rings. The third-order valence-electron chi connectivity index (χ3n) is 5.32. The highest BCUT2D eigenvalue weighted by Crippen LogP contribution is 2.28. The maximum atomic E-state index is 6.10. The topological polar surface area (TPSA) is 55.3 Å². The van der Waals surface area contributed by atoms with Crippen molar-refractivity contribution in [1.82, 2.24) is 4.68 Å². The van der Waals surface area contributed by atoms with E-state index in [0.29, 0.717) is 0 Å². The van der Waals surface area contributed by atoms with Gasteiger partial charge in [0, 0.05) is 35.6 Å². The first kappa shape index (κ1) is 20.7. The molecule has 0 radical (unpaired) electrons. The molecular formula is C25H26N4O2S. The molecule has 0 unspecified atom stereocenters. The van der Waals surface area contributed by atoms with E-state index in [-0.39, 0.29) is 6.04 Å². The molecule has 0 bridgehead atoms. The molecule has 32 heavy (non-hydrogen) atoms. The van der Waals surface area contributed by atoms with Gasteiger partial charge in [0.1, 0.15) is 11.3 Å². The summed E-state index contributed by atoms with van der Waals surface area (Å²) in [5, 5.41) is 7.92. The van der Waals surface area contributed by atoms with Gasteiger partial charge in [-0.25, -0.2) is 4.68 Å². The zero-order valence-electron chi connectivity index (χ0n) is 18.3. The van der Waals surface area contributed by atoms with Crippen molar-refractivity contribution >= 4 is 34.2 Å². The Hall–Kier alpha value is -3.16. The number of morpholine rings is 1. The van der Waals surface area contributed by atoms with Gasteiger partial charge in [-0.2, -0.15) is 5.10 Å². The molecule has 1 fully saturated rings. The van der Waals surface area contributed by atoms with Gasteiger partial charge >= 0.3 is 0 Å². The third-order valence-corrected chi connectivity index (χ3v) is 6.15. The van der Waals surface area contributed by atoms with Crippen molar-refractivity contribution < 1.29 is 9.15 Å². The standard InChI is InChI=1S/C25H26N4O2S/c1-18(2)27-25-29(22(17-32-25)24-15-20-5-3-4-6-23(20)31-24)26-16-19-7-9-21(10-8-19)28-11-13-30-14-12-28/h3-10,15-18H,11-14H2,1-2H3. The third kappa shape index (κ3) is 4.40. The van der Waals surface area contributed by atoms with Crippen molar-refractivity contribution in [3.8, 4) is 11.5 Å². The van der Waals surface area contributed by atoms with Gasteiger partial charge in [0.2, 0.25) is 4.80 Å². The Bertz CT molecular complexity index is 1260. The van der Waals surface area contributed by atoms with E-state index in [9.17, 15) is 0 Å². The SMILES string of the molecule is CC(C)N=c1scc(-c2cc3ccccc3o2)n1N=Cc1ccc(N2CCOCC2)cc1. The zero-order valence-corrected chi connectivity index (χ0v) is 19.1. The molecule has 4 aromatic rings. The van der Waals surface area contributed by atoms with Gasteiger partial charge < -0.3 is 14.1 Å². The van der Waals surface area contributed by atoms with Gasteiger partial charge in [-0.15, -0.1) is 11.3 Å². The van der Waals surface area contributed by atoms with Crippen molar-refractivity contribution in [3.05, 3.63) is 70.3 Å². The lowest BCUT2D eigenvalue weighted by Gasteiger charge is -2.28. The van der Waals surface area contributed by atoms with Crippen LogP contribution >= 0.6 is 11.3 Å². The summed E-state index contributed by atoms with van der Waals surface area (Å²) in [6.45, 7) is 7.56. The molecule has 164 valence electrons. The molecule has 0 amide bonds. The molecule has 0 atom stereocenters. The van der Waals surface area contributed by atoms with Crippen LogP contribution < -0.4 is 9.70 Å². The number of para-hydroxylation sites is 1. The Morgan fingerprint density at radius 1 is 1.03 bits per heavy atom. The van der Waals surface area contributed by atoms with Crippen LogP contribution in [0.25, 0.3) is 22.4 Å². The van der Waals surface area contributed by atoms with Gasteiger partial charge in [-0.05, 0) is 43.7 Å². The summed E-state index contributed by atoms with van der Waals surface area (Å²) in [5.41, 5.74) is 4.01. The predicted octanol–water partition coefficient (Wildman–Crippen LogP) is 4.99. The van der Waals surface area contributed by atoms with Crippen LogP contribution in [-0.4, -0.2) is 43.2 Å². The normalized spacial score (nSPS) is 15.5. The minimum Gasteiger partial charge on any atom is -0.454 e. The van der Waals surface area contributed by atoms with Gasteiger partial charge in [0.05, 0.1) is 19.4 Å². The number of nitrogens with zero attached hydrogens (tertiary/aromatic N) is 4. The van der Waals surface area contributed by atoms with Crippen LogP contribution in [0.1, 0.15) is 19.4 Å². The number of hydrogen-bond donors (Lipinski definition) is 0. The average molecular weight is 447 g/mol. The minimum absolute atomic E-state index is 0.173. The zero-order chi connectivity index (χ0) is 21.9. The second kappa shape index (κ2) is 9.14. The molecule has 1 saturated heterocycles. The molecule has 6 nitrogen and oxygen atoms in total. The Morgan fingerprint density at radius 3 is 2.56 bits per heavy atom. The summed E-state index contributed by atoms with van der Waals surface area (Å²) in [4.78, 5) is 7.94. The molecule has 7 heteroatoms. The monoisotopic (exact) mass is 446 g/mol. The fourth-order valence-electron chi connectivity index (χ4n) is 3.72. The molecule has 0 N–H and O–H groups in total. The number of furan rings is 1. The summed E-state index contributed by atoms with van der Waals surface area (Å²) in [6, 6.07) is 18.7. The highest BCUT2D eigenvalue weighted by molar-refractivity contribution is 7.07. The Labute approximate surface area is 191 Å². The molecule has 2 aromatic carbocycles. The van der Waals surface area contributed by atoms with E-state index in [0.717, 1.165) is 59.1 Å². The number of benzene rings is 2. The number of thiazole rings is 1. The summed E-state index contributed by atoms with van der Waals surface area (Å²) in [6.07, 6.45) is 1.88. The van der Waals surface area contributed by atoms with Crippen molar-refractivity contribution in [3.63, 3.8) is 0 Å². The Kier molecular flexibility index (Phi) is 5.92. The quantitative estimate of drug-likeness (QED) is 0.406. The maximum absolute atomic E-state index is 6.10. The van der Waals surface area contributed by atoms with Crippen molar-refractivity contribution in [1.29, 1.82) is 0 Å². The molecule has 0 spiro atoms. The fourth-order valence-corrected chi connectivity index (χ4v) is 4.67. The van der Waals surface area contributed by atoms with E-state index in [2.05, 4.69) is 60.5 Å². The predicted molar refractivity (Wildman–Crippen MR) is 131 cm³/mol. The molecule has 0 saturated carbocycles. The first-order valence-corrected chi connectivity index (χ1v) is 11.8. The maximum Gasteiger partial charge on any atom is 0.206 e. The summed E-state index contributed by atoms with van der Waals surface area (Å²) < 4.78 is 13.4. The number of hydrogen-bond acceptors (Lipinski definition) is 6. The van der Waals surface area contributed by atoms with Gasteiger partial charge in [-0.1, -0.05) is 30.3 Å². The molecule has 5 rings (SSSR count). The number of aromatic nitrogens is 1. The molecule has 1 aliphatic heterocycles. The number of rotatable bonds is 5. The summed E-state index contributed by atoms with van der Waals surface area (Å²) in [5.74, 6) is 0.785. The van der Waals surface area contributed by atoms with Crippen LogP contribution in [0.5, 0.6) is 0 Å².